The SMILES string of the molecule is Br.CC(C)N1CC=C(c2cc3cc([N+](=O)[O-])ccc3[nH]2)CC1.O=C(O)C=CC(=O)O. The molecular weight excluding hydrogens is 458 g/mol. The van der Waals surface area contributed by atoms with Gasteiger partial charge in [0.25, 0.3) is 5.69 Å². The van der Waals surface area contributed by atoms with E-state index in [-0.39, 0.29) is 27.6 Å². The smallest absolute Gasteiger partial charge is 0.328 e. The highest BCUT2D eigenvalue weighted by Gasteiger charge is 2.17. The maximum absolute atomic E-state index is 10.8. The van der Waals surface area contributed by atoms with E-state index in [1.165, 1.54) is 5.57 Å². The van der Waals surface area contributed by atoms with E-state index in [2.05, 4.69) is 29.8 Å². The number of halogens is 1. The lowest BCUT2D eigenvalue weighted by molar-refractivity contribution is -0.384. The molecule has 3 N–H and O–H groups in total. The van der Waals surface area contributed by atoms with Crippen LogP contribution in [0.25, 0.3) is 16.5 Å². The molecule has 0 amide bonds. The summed E-state index contributed by atoms with van der Waals surface area (Å²) in [4.78, 5) is 35.4. The van der Waals surface area contributed by atoms with Gasteiger partial charge in [0, 0.05) is 60.0 Å². The number of H-pyrrole nitrogens is 1. The van der Waals surface area contributed by atoms with Gasteiger partial charge in [-0.1, -0.05) is 6.08 Å². The van der Waals surface area contributed by atoms with E-state index >= 15 is 0 Å². The Morgan fingerprint density at radius 3 is 2.30 bits per heavy atom. The Kier molecular flexibility index (Phi) is 9.41. The van der Waals surface area contributed by atoms with Gasteiger partial charge in [-0.2, -0.15) is 0 Å². The number of benzene rings is 1. The number of carboxylic acid groups (broad SMARTS) is 2. The number of nitrogens with one attached hydrogen (secondary N) is 1. The Morgan fingerprint density at radius 1 is 1.20 bits per heavy atom. The number of aromatic amines is 1. The van der Waals surface area contributed by atoms with Crippen molar-refractivity contribution in [1.82, 2.24) is 9.88 Å². The fraction of sp³-hybridized carbons (Fsp3) is 0.300. The molecule has 2 heterocycles. The first-order chi connectivity index (χ1) is 13.7. The van der Waals surface area contributed by atoms with Crippen LogP contribution in [0.2, 0.25) is 0 Å². The molecule has 3 rings (SSSR count). The van der Waals surface area contributed by atoms with Gasteiger partial charge < -0.3 is 15.2 Å². The second-order valence-corrected chi connectivity index (χ2v) is 6.79. The van der Waals surface area contributed by atoms with Gasteiger partial charge in [-0.15, -0.1) is 17.0 Å². The molecule has 0 fully saturated rings. The number of rotatable bonds is 5. The number of aromatic nitrogens is 1. The van der Waals surface area contributed by atoms with Gasteiger partial charge in [0.15, 0.2) is 0 Å². The Bertz CT molecular complexity index is 964. The maximum atomic E-state index is 10.8. The van der Waals surface area contributed by atoms with Crippen molar-refractivity contribution < 1.29 is 24.7 Å². The van der Waals surface area contributed by atoms with Crippen LogP contribution in [-0.4, -0.2) is 56.1 Å². The standard InChI is InChI=1S/C16H19N3O2.C4H4O4.BrH/c1-11(2)18-7-5-12(6-8-18)16-10-13-9-14(19(20)21)3-4-15(13)17-16;5-3(6)1-2-4(7)8;/h3-5,9-11,17H,6-8H2,1-2H3;1-2H,(H,5,6)(H,7,8);1H. The third kappa shape index (κ3) is 7.12. The van der Waals surface area contributed by atoms with Crippen LogP contribution in [-0.2, 0) is 9.59 Å². The molecule has 0 atom stereocenters. The van der Waals surface area contributed by atoms with Gasteiger partial charge in [0.1, 0.15) is 0 Å². The summed E-state index contributed by atoms with van der Waals surface area (Å²) in [6.07, 6.45) is 4.38. The van der Waals surface area contributed by atoms with Crippen LogP contribution in [0.4, 0.5) is 5.69 Å². The summed E-state index contributed by atoms with van der Waals surface area (Å²) in [6.45, 7) is 6.43. The Hall–Kier alpha value is -2.98. The second kappa shape index (κ2) is 11.3. The van der Waals surface area contributed by atoms with E-state index in [0.29, 0.717) is 18.2 Å². The predicted molar refractivity (Wildman–Crippen MR) is 119 cm³/mol. The third-order valence-electron chi connectivity index (χ3n) is 4.50. The van der Waals surface area contributed by atoms with Gasteiger partial charge in [-0.05, 0) is 38.0 Å². The van der Waals surface area contributed by atoms with Crippen LogP contribution in [0.3, 0.4) is 0 Å². The second-order valence-electron chi connectivity index (χ2n) is 6.79. The minimum absolute atomic E-state index is 0. The van der Waals surface area contributed by atoms with Gasteiger partial charge in [-0.25, -0.2) is 9.59 Å². The number of nitro groups is 1. The highest BCUT2D eigenvalue weighted by molar-refractivity contribution is 8.93. The van der Waals surface area contributed by atoms with E-state index in [1.54, 1.807) is 18.2 Å². The third-order valence-corrected chi connectivity index (χ3v) is 4.50. The van der Waals surface area contributed by atoms with E-state index < -0.39 is 11.9 Å². The lowest BCUT2D eigenvalue weighted by Gasteiger charge is -2.29. The molecule has 10 heteroatoms. The highest BCUT2D eigenvalue weighted by Crippen LogP contribution is 2.28. The molecule has 2 aromatic rings. The molecule has 162 valence electrons. The molecule has 0 aliphatic carbocycles. The highest BCUT2D eigenvalue weighted by atomic mass is 79.9. The predicted octanol–water partition coefficient (Wildman–Crippen LogP) is 3.86. The first-order valence-electron chi connectivity index (χ1n) is 9.02. The molecule has 1 aliphatic rings. The van der Waals surface area contributed by atoms with Crippen molar-refractivity contribution in [3.8, 4) is 0 Å². The monoisotopic (exact) mass is 481 g/mol. The average molecular weight is 482 g/mol. The fourth-order valence-corrected chi connectivity index (χ4v) is 2.95. The maximum Gasteiger partial charge on any atom is 0.328 e. The summed E-state index contributed by atoms with van der Waals surface area (Å²) in [5.74, 6) is -2.51. The normalized spacial score (nSPS) is 14.0. The van der Waals surface area contributed by atoms with E-state index in [1.807, 2.05) is 6.07 Å². The molecule has 0 unspecified atom stereocenters. The number of non-ortho nitro benzene ring substituents is 1. The Labute approximate surface area is 183 Å². The van der Waals surface area contributed by atoms with Crippen molar-refractivity contribution in [1.29, 1.82) is 0 Å². The number of carboxylic acids is 2. The number of carbonyl (C=O) groups is 2. The van der Waals surface area contributed by atoms with Crippen molar-refractivity contribution >= 4 is 51.1 Å². The lowest BCUT2D eigenvalue weighted by atomic mass is 10.0. The Balaban J connectivity index is 0.000000431. The number of nitro benzene ring substituents is 1. The van der Waals surface area contributed by atoms with Gasteiger partial charge in [0.05, 0.1) is 4.92 Å². The van der Waals surface area contributed by atoms with Crippen molar-refractivity contribution in [3.63, 3.8) is 0 Å². The zero-order valence-corrected chi connectivity index (χ0v) is 18.3. The number of aliphatic carboxylic acids is 2. The number of nitrogens with zero attached hydrogens (tertiary/aromatic N) is 2. The summed E-state index contributed by atoms with van der Waals surface area (Å²) in [6, 6.07) is 7.52. The quantitative estimate of drug-likeness (QED) is 0.334. The summed E-state index contributed by atoms with van der Waals surface area (Å²) in [7, 11) is 0. The van der Waals surface area contributed by atoms with Crippen LogP contribution in [0, 0.1) is 10.1 Å². The fourth-order valence-electron chi connectivity index (χ4n) is 2.95. The van der Waals surface area contributed by atoms with Crippen molar-refractivity contribution in [3.05, 3.63) is 58.3 Å². The van der Waals surface area contributed by atoms with E-state index in [4.69, 9.17) is 10.2 Å². The van der Waals surface area contributed by atoms with Crippen molar-refractivity contribution in [2.24, 2.45) is 0 Å². The lowest BCUT2D eigenvalue weighted by Crippen LogP contribution is -2.34. The van der Waals surface area contributed by atoms with Crippen LogP contribution >= 0.6 is 17.0 Å². The summed E-state index contributed by atoms with van der Waals surface area (Å²) in [5.41, 5.74) is 3.46. The number of fused-ring (bicyclic) bond motifs is 1. The van der Waals surface area contributed by atoms with Crippen molar-refractivity contribution in [2.45, 2.75) is 26.3 Å². The summed E-state index contributed by atoms with van der Waals surface area (Å²) < 4.78 is 0. The topological polar surface area (TPSA) is 137 Å². The summed E-state index contributed by atoms with van der Waals surface area (Å²) >= 11 is 0. The minimum Gasteiger partial charge on any atom is -0.478 e. The number of hydrogen-bond donors (Lipinski definition) is 3. The largest absolute Gasteiger partial charge is 0.478 e. The zero-order chi connectivity index (χ0) is 21.6. The van der Waals surface area contributed by atoms with Gasteiger partial charge >= 0.3 is 11.9 Å². The molecule has 0 radical (unpaired) electrons. The molecule has 1 aliphatic heterocycles. The molecular formula is C20H24BrN3O6. The zero-order valence-electron chi connectivity index (χ0n) is 16.6. The van der Waals surface area contributed by atoms with E-state index in [0.717, 1.165) is 36.1 Å². The molecule has 0 bridgehead atoms. The van der Waals surface area contributed by atoms with E-state index in [9.17, 15) is 19.7 Å². The van der Waals surface area contributed by atoms with Crippen LogP contribution in [0.5, 0.6) is 0 Å². The minimum atomic E-state index is -1.26. The molecule has 9 nitrogen and oxygen atoms in total. The molecule has 1 aromatic carbocycles. The van der Waals surface area contributed by atoms with Gasteiger partial charge in [-0.3, -0.25) is 15.0 Å². The molecule has 0 saturated heterocycles. The van der Waals surface area contributed by atoms with Crippen LogP contribution < -0.4 is 0 Å². The molecule has 0 spiro atoms. The van der Waals surface area contributed by atoms with Crippen LogP contribution in [0.15, 0.2) is 42.5 Å². The first kappa shape index (κ1) is 25.1. The summed E-state index contributed by atoms with van der Waals surface area (Å²) in [5, 5.41) is 27.4. The van der Waals surface area contributed by atoms with Crippen molar-refractivity contribution in [2.75, 3.05) is 13.1 Å². The van der Waals surface area contributed by atoms with Crippen LogP contribution in [0.1, 0.15) is 26.0 Å². The van der Waals surface area contributed by atoms with Gasteiger partial charge in [0.2, 0.25) is 0 Å². The molecule has 1 aromatic heterocycles. The molecule has 0 saturated carbocycles. The Morgan fingerprint density at radius 2 is 1.83 bits per heavy atom. The molecule has 30 heavy (non-hydrogen) atoms. The average Bonchev–Trinajstić information content (AvgIpc) is 3.10. The first-order valence-corrected chi connectivity index (χ1v) is 9.02. The number of hydrogen-bond acceptors (Lipinski definition) is 5.